The van der Waals surface area contributed by atoms with E-state index in [4.69, 9.17) is 0 Å². The minimum atomic E-state index is -0.978. The van der Waals surface area contributed by atoms with E-state index in [0.29, 0.717) is 10.6 Å². The van der Waals surface area contributed by atoms with Crippen LogP contribution in [0.4, 0.5) is 9.52 Å². The van der Waals surface area contributed by atoms with Gasteiger partial charge in [-0.25, -0.2) is 9.82 Å². The molecule has 0 bridgehead atoms. The van der Waals surface area contributed by atoms with Gasteiger partial charge in [0.25, 0.3) is 0 Å². The molecule has 0 saturated heterocycles. The molecule has 7 nitrogen and oxygen atoms in total. The minimum Gasteiger partial charge on any atom is -0.292 e. The van der Waals surface area contributed by atoms with Crippen LogP contribution in [0.25, 0.3) is 10.6 Å². The second-order valence-corrected chi connectivity index (χ2v) is 5.96. The summed E-state index contributed by atoms with van der Waals surface area (Å²) < 4.78 is 13.0. The van der Waals surface area contributed by atoms with Crippen molar-refractivity contribution in [3.05, 3.63) is 66.0 Å². The second-order valence-electron chi connectivity index (χ2n) is 4.99. The number of carbonyl (C=O) groups excluding carboxylic acids is 2. The fourth-order valence-electron chi connectivity index (χ4n) is 1.93. The standard InChI is InChI=1S/C17H12FN5O2S/c18-13-8-4-5-11(9-13)10-19-21-15(25)14(24)20-17-23-22-16(26-17)12-6-2-1-3-7-12/h1-10H,(H,21,25)(H,20,23,24). The summed E-state index contributed by atoms with van der Waals surface area (Å²) in [6.07, 6.45) is 1.23. The van der Waals surface area contributed by atoms with E-state index < -0.39 is 17.6 Å². The maximum atomic E-state index is 13.0. The van der Waals surface area contributed by atoms with E-state index >= 15 is 0 Å². The SMILES string of the molecule is O=C(NN=Cc1cccc(F)c1)C(=O)Nc1nnc(-c2ccccc2)s1. The molecule has 1 heterocycles. The first kappa shape index (κ1) is 17.4. The lowest BCUT2D eigenvalue weighted by molar-refractivity contribution is -0.136. The Morgan fingerprint density at radius 3 is 2.62 bits per heavy atom. The van der Waals surface area contributed by atoms with Crippen LogP contribution in [0.5, 0.6) is 0 Å². The predicted octanol–water partition coefficient (Wildman–Crippen LogP) is 2.43. The van der Waals surface area contributed by atoms with Crippen molar-refractivity contribution in [1.82, 2.24) is 15.6 Å². The number of carbonyl (C=O) groups is 2. The van der Waals surface area contributed by atoms with Crippen molar-refractivity contribution < 1.29 is 14.0 Å². The lowest BCUT2D eigenvalue weighted by Gasteiger charge is -1.99. The summed E-state index contributed by atoms with van der Waals surface area (Å²) in [4.78, 5) is 23.6. The Hall–Kier alpha value is -3.46. The Kier molecular flexibility index (Phi) is 5.40. The summed E-state index contributed by atoms with van der Waals surface area (Å²) in [7, 11) is 0. The van der Waals surface area contributed by atoms with Gasteiger partial charge in [-0.1, -0.05) is 53.8 Å². The summed E-state index contributed by atoms with van der Waals surface area (Å²) >= 11 is 1.14. The first-order valence-electron chi connectivity index (χ1n) is 7.41. The van der Waals surface area contributed by atoms with Crippen LogP contribution in [0.2, 0.25) is 0 Å². The Balaban J connectivity index is 1.56. The number of nitrogens with zero attached hydrogens (tertiary/aromatic N) is 3. The predicted molar refractivity (Wildman–Crippen MR) is 96.1 cm³/mol. The van der Waals surface area contributed by atoms with E-state index in [1.54, 1.807) is 6.07 Å². The van der Waals surface area contributed by atoms with Gasteiger partial charge in [-0.05, 0) is 17.7 Å². The second kappa shape index (κ2) is 8.08. The van der Waals surface area contributed by atoms with E-state index in [-0.39, 0.29) is 5.13 Å². The van der Waals surface area contributed by atoms with Crippen LogP contribution in [-0.4, -0.2) is 28.2 Å². The van der Waals surface area contributed by atoms with Gasteiger partial charge in [0.15, 0.2) is 0 Å². The smallest absolute Gasteiger partial charge is 0.292 e. The van der Waals surface area contributed by atoms with Crippen LogP contribution in [0.15, 0.2) is 59.7 Å². The number of amides is 2. The molecule has 0 spiro atoms. The monoisotopic (exact) mass is 369 g/mol. The van der Waals surface area contributed by atoms with Crippen molar-refractivity contribution in [2.24, 2.45) is 5.10 Å². The van der Waals surface area contributed by atoms with E-state index in [9.17, 15) is 14.0 Å². The van der Waals surface area contributed by atoms with Gasteiger partial charge in [0.05, 0.1) is 6.21 Å². The summed E-state index contributed by atoms with van der Waals surface area (Å²) in [5, 5.41) is 14.6. The molecule has 3 rings (SSSR count). The third kappa shape index (κ3) is 4.54. The van der Waals surface area contributed by atoms with Crippen LogP contribution >= 0.6 is 11.3 Å². The summed E-state index contributed by atoms with van der Waals surface area (Å²) in [6.45, 7) is 0. The van der Waals surface area contributed by atoms with Crippen molar-refractivity contribution in [1.29, 1.82) is 0 Å². The molecule has 0 fully saturated rings. The highest BCUT2D eigenvalue weighted by Gasteiger charge is 2.16. The number of anilines is 1. The van der Waals surface area contributed by atoms with Gasteiger partial charge in [0.2, 0.25) is 5.13 Å². The molecule has 130 valence electrons. The molecule has 9 heteroatoms. The fourth-order valence-corrected chi connectivity index (χ4v) is 2.67. The first-order chi connectivity index (χ1) is 12.6. The van der Waals surface area contributed by atoms with Gasteiger partial charge in [0, 0.05) is 5.56 Å². The largest absolute Gasteiger partial charge is 0.329 e. The number of hydrazone groups is 1. The number of benzene rings is 2. The summed E-state index contributed by atoms with van der Waals surface area (Å²) in [6, 6.07) is 15.0. The zero-order chi connectivity index (χ0) is 18.4. The van der Waals surface area contributed by atoms with E-state index in [1.807, 2.05) is 30.3 Å². The molecule has 0 aliphatic rings. The molecule has 0 saturated carbocycles. The molecular weight excluding hydrogens is 357 g/mol. The van der Waals surface area contributed by atoms with E-state index in [1.165, 1.54) is 24.4 Å². The van der Waals surface area contributed by atoms with Crippen molar-refractivity contribution in [2.45, 2.75) is 0 Å². The molecule has 3 aromatic rings. The molecule has 2 amide bonds. The molecule has 0 unspecified atom stereocenters. The zero-order valence-electron chi connectivity index (χ0n) is 13.2. The Morgan fingerprint density at radius 2 is 1.85 bits per heavy atom. The normalized spacial score (nSPS) is 10.7. The first-order valence-corrected chi connectivity index (χ1v) is 8.22. The number of nitrogens with one attached hydrogen (secondary N) is 2. The number of hydrogen-bond donors (Lipinski definition) is 2. The topological polar surface area (TPSA) is 96.3 Å². The van der Waals surface area contributed by atoms with Crippen molar-refractivity contribution in [2.75, 3.05) is 5.32 Å². The third-order valence-electron chi connectivity index (χ3n) is 3.10. The molecule has 2 aromatic carbocycles. The molecule has 0 atom stereocenters. The molecule has 2 N–H and O–H groups in total. The third-order valence-corrected chi connectivity index (χ3v) is 3.99. The Labute approximate surface area is 151 Å². The molecule has 0 aliphatic carbocycles. The highest BCUT2D eigenvalue weighted by Crippen LogP contribution is 2.25. The van der Waals surface area contributed by atoms with Crippen LogP contribution in [0.3, 0.4) is 0 Å². The molecular formula is C17H12FN5O2S. The van der Waals surface area contributed by atoms with E-state index in [0.717, 1.165) is 16.9 Å². The molecule has 0 radical (unpaired) electrons. The highest BCUT2D eigenvalue weighted by molar-refractivity contribution is 7.18. The summed E-state index contributed by atoms with van der Waals surface area (Å²) in [5.74, 6) is -2.34. The number of halogens is 1. The van der Waals surface area contributed by atoms with Crippen molar-refractivity contribution in [3.8, 4) is 10.6 Å². The molecule has 0 aliphatic heterocycles. The maximum absolute atomic E-state index is 13.0. The fraction of sp³-hybridized carbons (Fsp3) is 0. The lowest BCUT2D eigenvalue weighted by Crippen LogP contribution is -2.32. The maximum Gasteiger partial charge on any atom is 0.329 e. The zero-order valence-corrected chi connectivity index (χ0v) is 14.0. The van der Waals surface area contributed by atoms with Gasteiger partial charge in [-0.15, -0.1) is 10.2 Å². The van der Waals surface area contributed by atoms with Crippen LogP contribution in [0, 0.1) is 5.82 Å². The molecule has 26 heavy (non-hydrogen) atoms. The average Bonchev–Trinajstić information content (AvgIpc) is 3.11. The van der Waals surface area contributed by atoms with Gasteiger partial charge in [0.1, 0.15) is 10.8 Å². The Bertz CT molecular complexity index is 959. The number of aromatic nitrogens is 2. The van der Waals surface area contributed by atoms with Crippen molar-refractivity contribution >= 4 is 34.5 Å². The van der Waals surface area contributed by atoms with Crippen LogP contribution in [0.1, 0.15) is 5.56 Å². The Morgan fingerprint density at radius 1 is 1.04 bits per heavy atom. The van der Waals surface area contributed by atoms with Gasteiger partial charge in [-0.3, -0.25) is 14.9 Å². The average molecular weight is 369 g/mol. The minimum absolute atomic E-state index is 0.193. The number of rotatable bonds is 4. The lowest BCUT2D eigenvalue weighted by atomic mass is 10.2. The van der Waals surface area contributed by atoms with E-state index in [2.05, 4.69) is 26.0 Å². The quantitative estimate of drug-likeness (QED) is 0.419. The van der Waals surface area contributed by atoms with Crippen LogP contribution in [-0.2, 0) is 9.59 Å². The molecule has 1 aromatic heterocycles. The highest BCUT2D eigenvalue weighted by atomic mass is 32.1. The van der Waals surface area contributed by atoms with Gasteiger partial charge < -0.3 is 0 Å². The number of hydrogen-bond acceptors (Lipinski definition) is 6. The summed E-state index contributed by atoms with van der Waals surface area (Å²) in [5.41, 5.74) is 3.36. The van der Waals surface area contributed by atoms with Gasteiger partial charge in [-0.2, -0.15) is 5.10 Å². The van der Waals surface area contributed by atoms with Gasteiger partial charge >= 0.3 is 11.8 Å². The van der Waals surface area contributed by atoms with Crippen molar-refractivity contribution in [3.63, 3.8) is 0 Å². The van der Waals surface area contributed by atoms with Crippen LogP contribution < -0.4 is 10.7 Å².